The van der Waals surface area contributed by atoms with Crippen molar-refractivity contribution in [1.29, 1.82) is 0 Å². The van der Waals surface area contributed by atoms with Crippen molar-refractivity contribution < 1.29 is 9.59 Å². The Hall–Kier alpha value is -2.21. The second kappa shape index (κ2) is 8.21. The molecule has 1 aliphatic heterocycles. The molecule has 3 rings (SSSR count). The monoisotopic (exact) mass is 385 g/mol. The molecular formula is C21H27N3O2S. The van der Waals surface area contributed by atoms with E-state index < -0.39 is 0 Å². The maximum Gasteiger partial charge on any atom is 0.265 e. The van der Waals surface area contributed by atoms with Crippen molar-refractivity contribution in [2.45, 2.75) is 34.1 Å². The number of aryl methyl sites for hydroxylation is 2. The minimum absolute atomic E-state index is 0.00218. The van der Waals surface area contributed by atoms with Crippen LogP contribution in [-0.4, -0.2) is 52.8 Å². The Morgan fingerprint density at radius 2 is 1.67 bits per heavy atom. The fraction of sp³-hybridized carbons (Fsp3) is 0.476. The third-order valence-electron chi connectivity index (χ3n) is 4.97. The molecule has 1 aromatic carbocycles. The van der Waals surface area contributed by atoms with E-state index in [1.54, 1.807) is 0 Å². The molecule has 0 saturated carbocycles. The highest BCUT2D eigenvalue weighted by molar-refractivity contribution is 7.17. The van der Waals surface area contributed by atoms with Crippen LogP contribution in [0.4, 0.5) is 0 Å². The van der Waals surface area contributed by atoms with Crippen LogP contribution in [0.5, 0.6) is 0 Å². The Labute approximate surface area is 165 Å². The molecule has 0 unspecified atom stereocenters. The highest BCUT2D eigenvalue weighted by Gasteiger charge is 2.28. The Balaban J connectivity index is 1.71. The van der Waals surface area contributed by atoms with E-state index in [2.05, 4.69) is 36.2 Å². The third kappa shape index (κ3) is 4.21. The second-order valence-corrected chi connectivity index (χ2v) is 8.26. The lowest BCUT2D eigenvalue weighted by Gasteiger charge is -2.35. The summed E-state index contributed by atoms with van der Waals surface area (Å²) in [5.41, 5.74) is 3.11. The number of benzene rings is 1. The fourth-order valence-electron chi connectivity index (χ4n) is 3.24. The molecule has 144 valence electrons. The number of carbonyl (C=O) groups is 2. The summed E-state index contributed by atoms with van der Waals surface area (Å²) >= 11 is 1.46. The van der Waals surface area contributed by atoms with E-state index >= 15 is 0 Å². The molecule has 2 aromatic rings. The number of rotatable bonds is 4. The molecule has 0 N–H and O–H groups in total. The molecule has 1 aliphatic rings. The Kier molecular flexibility index (Phi) is 5.95. The van der Waals surface area contributed by atoms with Gasteiger partial charge in [0.25, 0.3) is 5.91 Å². The maximum atomic E-state index is 13.0. The first kappa shape index (κ1) is 19.5. The summed E-state index contributed by atoms with van der Waals surface area (Å²) in [4.78, 5) is 34.1. The molecule has 27 heavy (non-hydrogen) atoms. The first-order valence-electron chi connectivity index (χ1n) is 9.55. The van der Waals surface area contributed by atoms with Gasteiger partial charge in [-0.2, -0.15) is 0 Å². The minimum Gasteiger partial charge on any atom is -0.339 e. The lowest BCUT2D eigenvalue weighted by atomic mass is 10.1. The van der Waals surface area contributed by atoms with Crippen molar-refractivity contribution in [1.82, 2.24) is 14.8 Å². The smallest absolute Gasteiger partial charge is 0.265 e. The molecule has 1 fully saturated rings. The van der Waals surface area contributed by atoms with Gasteiger partial charge < -0.3 is 9.80 Å². The van der Waals surface area contributed by atoms with E-state index in [0.29, 0.717) is 31.1 Å². The molecule has 1 saturated heterocycles. The molecule has 0 atom stereocenters. The van der Waals surface area contributed by atoms with Gasteiger partial charge in [-0.15, -0.1) is 11.3 Å². The first-order chi connectivity index (χ1) is 12.9. The summed E-state index contributed by atoms with van der Waals surface area (Å²) in [7, 11) is 0. The number of piperazine rings is 1. The van der Waals surface area contributed by atoms with Gasteiger partial charge in [0.05, 0.1) is 5.69 Å². The van der Waals surface area contributed by atoms with Gasteiger partial charge in [0, 0.05) is 37.7 Å². The molecule has 2 heterocycles. The topological polar surface area (TPSA) is 53.5 Å². The van der Waals surface area contributed by atoms with Crippen molar-refractivity contribution >= 4 is 23.2 Å². The third-order valence-corrected chi connectivity index (χ3v) is 6.17. The van der Waals surface area contributed by atoms with Crippen LogP contribution in [0, 0.1) is 12.8 Å². The highest BCUT2D eigenvalue weighted by atomic mass is 32.1. The van der Waals surface area contributed by atoms with Crippen molar-refractivity contribution in [2.75, 3.05) is 26.2 Å². The summed E-state index contributed by atoms with van der Waals surface area (Å²) in [5.74, 6) is 0.185. The zero-order valence-corrected chi connectivity index (χ0v) is 17.3. The Morgan fingerprint density at radius 1 is 1.07 bits per heavy atom. The van der Waals surface area contributed by atoms with Gasteiger partial charge in [-0.1, -0.05) is 45.0 Å². The average molecular weight is 386 g/mol. The van der Waals surface area contributed by atoms with E-state index in [4.69, 9.17) is 0 Å². The van der Waals surface area contributed by atoms with Crippen molar-refractivity contribution in [3.05, 3.63) is 40.4 Å². The quantitative estimate of drug-likeness (QED) is 0.808. The first-order valence-corrected chi connectivity index (χ1v) is 10.4. The summed E-state index contributed by atoms with van der Waals surface area (Å²) in [6, 6.07) is 8.36. The van der Waals surface area contributed by atoms with Gasteiger partial charge in [-0.3, -0.25) is 9.59 Å². The van der Waals surface area contributed by atoms with Crippen LogP contribution in [0.3, 0.4) is 0 Å². The largest absolute Gasteiger partial charge is 0.339 e. The van der Waals surface area contributed by atoms with Crippen LogP contribution in [0.1, 0.15) is 41.7 Å². The van der Waals surface area contributed by atoms with Gasteiger partial charge >= 0.3 is 0 Å². The number of nitrogens with zero attached hydrogens (tertiary/aromatic N) is 3. The molecule has 0 radical (unpaired) electrons. The number of carbonyl (C=O) groups excluding carboxylic acids is 2. The lowest BCUT2D eigenvalue weighted by molar-refractivity contribution is -0.135. The van der Waals surface area contributed by atoms with Gasteiger partial charge in [-0.25, -0.2) is 4.98 Å². The SMILES string of the molecule is CCc1ccc(-c2nc(C)c(C(=O)N3CCN(C(=O)C(C)C)CC3)s2)cc1. The summed E-state index contributed by atoms with van der Waals surface area (Å²) in [5, 5.41) is 0.882. The number of thiazole rings is 1. The van der Waals surface area contributed by atoms with Gasteiger partial charge in [0.15, 0.2) is 0 Å². The van der Waals surface area contributed by atoms with E-state index in [1.165, 1.54) is 16.9 Å². The highest BCUT2D eigenvalue weighted by Crippen LogP contribution is 2.29. The molecule has 0 aliphatic carbocycles. The van der Waals surface area contributed by atoms with Crippen LogP contribution < -0.4 is 0 Å². The van der Waals surface area contributed by atoms with Gasteiger partial charge in [0.2, 0.25) is 5.91 Å². The Bertz CT molecular complexity index is 818. The normalized spacial score (nSPS) is 14.7. The van der Waals surface area contributed by atoms with Crippen LogP contribution >= 0.6 is 11.3 Å². The molecule has 6 heteroatoms. The zero-order valence-electron chi connectivity index (χ0n) is 16.5. The number of amides is 2. The molecule has 1 aromatic heterocycles. The van der Waals surface area contributed by atoms with Crippen molar-refractivity contribution in [3.8, 4) is 10.6 Å². The second-order valence-electron chi connectivity index (χ2n) is 7.26. The lowest BCUT2D eigenvalue weighted by Crippen LogP contribution is -2.51. The van der Waals surface area contributed by atoms with E-state index in [1.807, 2.05) is 30.6 Å². The average Bonchev–Trinajstić information content (AvgIpc) is 3.08. The van der Waals surface area contributed by atoms with E-state index in [0.717, 1.165) is 22.7 Å². The minimum atomic E-state index is -0.00218. The Morgan fingerprint density at radius 3 is 2.22 bits per heavy atom. The van der Waals surface area contributed by atoms with E-state index in [-0.39, 0.29) is 17.7 Å². The zero-order chi connectivity index (χ0) is 19.6. The summed E-state index contributed by atoms with van der Waals surface area (Å²) < 4.78 is 0. The van der Waals surface area contributed by atoms with Crippen LogP contribution in [0.15, 0.2) is 24.3 Å². The standard InChI is InChI=1S/C21H27N3O2S/c1-5-16-6-8-17(9-7-16)19-22-15(4)18(27-19)21(26)24-12-10-23(11-13-24)20(25)14(2)3/h6-9,14H,5,10-13H2,1-4H3. The predicted octanol–water partition coefficient (Wildman–Crippen LogP) is 3.62. The number of hydrogen-bond donors (Lipinski definition) is 0. The van der Waals surface area contributed by atoms with Crippen molar-refractivity contribution in [3.63, 3.8) is 0 Å². The predicted molar refractivity (Wildman–Crippen MR) is 109 cm³/mol. The van der Waals surface area contributed by atoms with Crippen molar-refractivity contribution in [2.24, 2.45) is 5.92 Å². The fourth-order valence-corrected chi connectivity index (χ4v) is 4.28. The van der Waals surface area contributed by atoms with E-state index in [9.17, 15) is 9.59 Å². The maximum absolute atomic E-state index is 13.0. The van der Waals surface area contributed by atoms with Gasteiger partial charge in [0.1, 0.15) is 9.88 Å². The van der Waals surface area contributed by atoms with Crippen LogP contribution in [0.2, 0.25) is 0 Å². The summed E-state index contributed by atoms with van der Waals surface area (Å²) in [6.45, 7) is 10.2. The number of aromatic nitrogens is 1. The van der Waals surface area contributed by atoms with Crippen LogP contribution in [0.25, 0.3) is 10.6 Å². The molecule has 5 nitrogen and oxygen atoms in total. The molecule has 2 amide bonds. The summed E-state index contributed by atoms with van der Waals surface area (Å²) in [6.07, 6.45) is 1.01. The molecule has 0 bridgehead atoms. The molecule has 0 spiro atoms. The number of hydrogen-bond acceptors (Lipinski definition) is 4. The van der Waals surface area contributed by atoms with Crippen LogP contribution in [-0.2, 0) is 11.2 Å². The van der Waals surface area contributed by atoms with Gasteiger partial charge in [-0.05, 0) is 18.9 Å². The molecular weight excluding hydrogens is 358 g/mol.